The second kappa shape index (κ2) is 9.50. The molecule has 9 heteroatoms. The number of carbonyl (C=O) groups is 4. The van der Waals surface area contributed by atoms with Crippen LogP contribution in [0.5, 0.6) is 0 Å². The first-order valence-corrected chi connectivity index (χ1v) is 12.0. The largest absolute Gasteiger partial charge is 0.368 e. The molecule has 182 valence electrons. The number of nitrogens with one attached hydrogen (secondary N) is 2. The first kappa shape index (κ1) is 23.0. The molecule has 2 fully saturated rings. The van der Waals surface area contributed by atoms with Crippen LogP contribution in [-0.4, -0.2) is 58.6 Å². The maximum atomic E-state index is 13.1. The van der Waals surface area contributed by atoms with Crippen molar-refractivity contribution in [2.75, 3.05) is 18.4 Å². The van der Waals surface area contributed by atoms with Gasteiger partial charge in [-0.2, -0.15) is 0 Å². The minimum absolute atomic E-state index is 0.0759. The Hall–Kier alpha value is -3.72. The SMILES string of the molecule is NC(=O)C1CCCN1Cc1cccc(NC(=O)CNC(=O)C2c3ccccc3C(=O)N2C2CC2)c1. The van der Waals surface area contributed by atoms with E-state index in [2.05, 4.69) is 15.5 Å². The van der Waals surface area contributed by atoms with Gasteiger partial charge in [-0.05, 0) is 61.6 Å². The number of fused-ring (bicyclic) bond motifs is 1. The van der Waals surface area contributed by atoms with E-state index in [0.29, 0.717) is 23.4 Å². The van der Waals surface area contributed by atoms with Gasteiger partial charge in [-0.25, -0.2) is 0 Å². The lowest BCUT2D eigenvalue weighted by Gasteiger charge is -2.24. The van der Waals surface area contributed by atoms with Crippen molar-refractivity contribution >= 4 is 29.3 Å². The van der Waals surface area contributed by atoms with Crippen molar-refractivity contribution in [2.24, 2.45) is 5.73 Å². The molecule has 2 aliphatic heterocycles. The second-order valence-corrected chi connectivity index (χ2v) is 9.43. The van der Waals surface area contributed by atoms with Crippen LogP contribution in [0.3, 0.4) is 0 Å². The monoisotopic (exact) mass is 475 g/mol. The molecule has 1 saturated heterocycles. The molecule has 1 saturated carbocycles. The molecule has 2 aromatic rings. The first-order valence-electron chi connectivity index (χ1n) is 12.0. The van der Waals surface area contributed by atoms with Crippen LogP contribution in [0.2, 0.25) is 0 Å². The molecule has 0 radical (unpaired) electrons. The average molecular weight is 476 g/mol. The van der Waals surface area contributed by atoms with Gasteiger partial charge in [0.2, 0.25) is 17.7 Å². The Kier molecular flexibility index (Phi) is 6.25. The van der Waals surface area contributed by atoms with Gasteiger partial charge in [0.25, 0.3) is 5.91 Å². The van der Waals surface area contributed by atoms with E-state index in [1.807, 2.05) is 24.3 Å². The summed E-state index contributed by atoms with van der Waals surface area (Å²) in [6.07, 6.45) is 3.47. The van der Waals surface area contributed by atoms with Gasteiger partial charge in [0.1, 0.15) is 6.04 Å². The molecule has 2 atom stereocenters. The highest BCUT2D eigenvalue weighted by Gasteiger charge is 2.47. The number of amides is 4. The van der Waals surface area contributed by atoms with Crippen LogP contribution in [0.15, 0.2) is 48.5 Å². The van der Waals surface area contributed by atoms with Crippen molar-refractivity contribution in [2.45, 2.75) is 50.4 Å². The van der Waals surface area contributed by atoms with Crippen LogP contribution < -0.4 is 16.4 Å². The molecule has 2 heterocycles. The molecule has 0 bridgehead atoms. The standard InChI is InChI=1S/C26H29N5O4/c27-24(33)21-9-4-12-30(21)15-16-5-3-6-17(13-16)29-22(32)14-28-25(34)23-19-7-1-2-8-20(19)26(35)31(23)18-10-11-18/h1-3,5-8,13,18,21,23H,4,9-12,14-15H2,(H2,27,33)(H,28,34)(H,29,32). The minimum Gasteiger partial charge on any atom is -0.368 e. The molecule has 4 N–H and O–H groups in total. The predicted molar refractivity (Wildman–Crippen MR) is 129 cm³/mol. The molecule has 35 heavy (non-hydrogen) atoms. The maximum absolute atomic E-state index is 13.1. The third kappa shape index (κ3) is 4.77. The van der Waals surface area contributed by atoms with Crippen molar-refractivity contribution in [1.82, 2.24) is 15.1 Å². The fourth-order valence-electron chi connectivity index (χ4n) is 5.12. The van der Waals surface area contributed by atoms with Crippen LogP contribution in [0, 0.1) is 0 Å². The zero-order chi connectivity index (χ0) is 24.5. The number of likely N-dealkylation sites (tertiary alicyclic amines) is 1. The number of rotatable bonds is 8. The third-order valence-electron chi connectivity index (χ3n) is 6.90. The third-order valence-corrected chi connectivity index (χ3v) is 6.90. The zero-order valence-electron chi connectivity index (χ0n) is 19.4. The van der Waals surface area contributed by atoms with Gasteiger partial charge in [0.15, 0.2) is 0 Å². The van der Waals surface area contributed by atoms with Crippen molar-refractivity contribution in [1.29, 1.82) is 0 Å². The summed E-state index contributed by atoms with van der Waals surface area (Å²) >= 11 is 0. The van der Waals surface area contributed by atoms with E-state index in [1.165, 1.54) is 0 Å². The fraction of sp³-hybridized carbons (Fsp3) is 0.385. The number of hydrogen-bond acceptors (Lipinski definition) is 5. The van der Waals surface area contributed by atoms with E-state index in [0.717, 1.165) is 37.8 Å². The Morgan fingerprint density at radius 1 is 1.03 bits per heavy atom. The van der Waals surface area contributed by atoms with Gasteiger partial charge in [-0.15, -0.1) is 0 Å². The van der Waals surface area contributed by atoms with Crippen molar-refractivity contribution in [3.8, 4) is 0 Å². The topological polar surface area (TPSA) is 125 Å². The highest BCUT2D eigenvalue weighted by Crippen LogP contribution is 2.41. The molecular formula is C26H29N5O4. The van der Waals surface area contributed by atoms with E-state index >= 15 is 0 Å². The molecule has 3 aliphatic rings. The quantitative estimate of drug-likeness (QED) is 0.534. The second-order valence-electron chi connectivity index (χ2n) is 9.43. The van der Waals surface area contributed by atoms with Crippen molar-refractivity contribution < 1.29 is 19.2 Å². The average Bonchev–Trinajstić information content (AvgIpc) is 3.49. The van der Waals surface area contributed by atoms with Gasteiger partial charge < -0.3 is 21.3 Å². The van der Waals surface area contributed by atoms with Gasteiger partial charge in [0.05, 0.1) is 12.6 Å². The molecule has 4 amide bonds. The number of carbonyl (C=O) groups excluding carboxylic acids is 4. The highest BCUT2D eigenvalue weighted by atomic mass is 16.2. The molecule has 5 rings (SSSR count). The lowest BCUT2D eigenvalue weighted by Crippen LogP contribution is -2.42. The summed E-state index contributed by atoms with van der Waals surface area (Å²) in [5.74, 6) is -1.15. The molecule has 9 nitrogen and oxygen atoms in total. The van der Waals surface area contributed by atoms with Gasteiger partial charge >= 0.3 is 0 Å². The predicted octanol–water partition coefficient (Wildman–Crippen LogP) is 1.55. The smallest absolute Gasteiger partial charge is 0.255 e. The number of benzene rings is 2. The highest BCUT2D eigenvalue weighted by molar-refractivity contribution is 6.05. The summed E-state index contributed by atoms with van der Waals surface area (Å²) in [7, 11) is 0. The Bertz CT molecular complexity index is 1180. The molecule has 2 aromatic carbocycles. The number of anilines is 1. The Morgan fingerprint density at radius 2 is 1.83 bits per heavy atom. The molecule has 0 aromatic heterocycles. The molecule has 0 spiro atoms. The number of nitrogens with two attached hydrogens (primary N) is 1. The molecular weight excluding hydrogens is 446 g/mol. The van der Waals surface area contributed by atoms with Crippen LogP contribution in [0.1, 0.15) is 53.2 Å². The summed E-state index contributed by atoms with van der Waals surface area (Å²) < 4.78 is 0. The Morgan fingerprint density at radius 3 is 2.60 bits per heavy atom. The van der Waals surface area contributed by atoms with E-state index in [9.17, 15) is 19.2 Å². The lowest BCUT2D eigenvalue weighted by atomic mass is 10.0. The van der Waals surface area contributed by atoms with Gasteiger partial charge in [0, 0.05) is 23.8 Å². The van der Waals surface area contributed by atoms with Crippen LogP contribution in [0.25, 0.3) is 0 Å². The summed E-state index contributed by atoms with van der Waals surface area (Å²) in [5, 5.41) is 5.52. The summed E-state index contributed by atoms with van der Waals surface area (Å²) in [5.41, 5.74) is 8.32. The van der Waals surface area contributed by atoms with Crippen molar-refractivity contribution in [3.63, 3.8) is 0 Å². The number of nitrogens with zero attached hydrogens (tertiary/aromatic N) is 2. The van der Waals surface area contributed by atoms with E-state index in [4.69, 9.17) is 5.73 Å². The Labute approximate surface area is 203 Å². The normalized spacial score (nSPS) is 21.6. The van der Waals surface area contributed by atoms with Gasteiger partial charge in [-0.3, -0.25) is 24.1 Å². The minimum atomic E-state index is -0.707. The zero-order valence-corrected chi connectivity index (χ0v) is 19.4. The summed E-state index contributed by atoms with van der Waals surface area (Å²) in [6.45, 7) is 1.17. The maximum Gasteiger partial charge on any atom is 0.255 e. The van der Waals surface area contributed by atoms with E-state index in [-0.39, 0.29) is 42.3 Å². The number of primary amides is 1. The van der Waals surface area contributed by atoms with Crippen molar-refractivity contribution in [3.05, 3.63) is 65.2 Å². The lowest BCUT2D eigenvalue weighted by molar-refractivity contribution is -0.127. The van der Waals surface area contributed by atoms with Crippen LogP contribution in [-0.2, 0) is 20.9 Å². The van der Waals surface area contributed by atoms with E-state index < -0.39 is 6.04 Å². The van der Waals surface area contributed by atoms with Crippen LogP contribution >= 0.6 is 0 Å². The summed E-state index contributed by atoms with van der Waals surface area (Å²) in [6, 6.07) is 13.7. The number of hydrogen-bond donors (Lipinski definition) is 3. The summed E-state index contributed by atoms with van der Waals surface area (Å²) in [4.78, 5) is 53.8. The van der Waals surface area contributed by atoms with Gasteiger partial charge in [-0.1, -0.05) is 30.3 Å². The molecule has 1 aliphatic carbocycles. The Balaban J connectivity index is 1.19. The fourth-order valence-corrected chi connectivity index (χ4v) is 5.12. The first-order chi connectivity index (χ1) is 16.9. The van der Waals surface area contributed by atoms with Crippen LogP contribution in [0.4, 0.5) is 5.69 Å². The molecule has 2 unspecified atom stereocenters. The van der Waals surface area contributed by atoms with E-state index in [1.54, 1.807) is 29.2 Å².